The van der Waals surface area contributed by atoms with Gasteiger partial charge in [0.15, 0.2) is 6.10 Å². The third-order valence-corrected chi connectivity index (χ3v) is 10.5. The topological polar surface area (TPSA) is 78.9 Å². The third-order valence-electron chi connectivity index (χ3n) is 10.5. The predicted octanol–water partition coefficient (Wildman–Crippen LogP) is 18.4. The molecular weight excluding hydrogens is 865 g/mol. The molecule has 388 valence electrons. The van der Waals surface area contributed by atoms with Gasteiger partial charge in [-0.3, -0.25) is 14.4 Å². The average molecular weight is 961 g/mol. The molecule has 0 amide bonds. The molecule has 0 fully saturated rings. The highest BCUT2D eigenvalue weighted by Crippen LogP contribution is 2.11. The maximum atomic E-state index is 12.8. The van der Waals surface area contributed by atoms with Gasteiger partial charge in [0.05, 0.1) is 0 Å². The third kappa shape index (κ3) is 53.7. The van der Waals surface area contributed by atoms with Crippen LogP contribution in [0, 0.1) is 0 Å². The average Bonchev–Trinajstić information content (AvgIpc) is 3.36. The van der Waals surface area contributed by atoms with Crippen molar-refractivity contribution in [3.05, 3.63) is 170 Å². The van der Waals surface area contributed by atoms with E-state index in [2.05, 4.69) is 167 Å². The van der Waals surface area contributed by atoms with Crippen molar-refractivity contribution in [3.63, 3.8) is 0 Å². The molecule has 0 aromatic carbocycles. The van der Waals surface area contributed by atoms with Crippen LogP contribution in [-0.4, -0.2) is 37.2 Å². The number of unbranched alkanes of at least 4 members (excludes halogenated alkanes) is 7. The molecule has 0 aromatic rings. The van der Waals surface area contributed by atoms with Crippen molar-refractivity contribution >= 4 is 17.9 Å². The molecule has 0 saturated heterocycles. The molecule has 70 heavy (non-hydrogen) atoms. The molecule has 0 bridgehead atoms. The highest BCUT2D eigenvalue weighted by atomic mass is 16.6. The first-order chi connectivity index (χ1) is 34.5. The van der Waals surface area contributed by atoms with E-state index < -0.39 is 12.1 Å². The van der Waals surface area contributed by atoms with Crippen molar-refractivity contribution in [2.75, 3.05) is 13.2 Å². The lowest BCUT2D eigenvalue weighted by Crippen LogP contribution is -2.30. The van der Waals surface area contributed by atoms with E-state index in [0.29, 0.717) is 19.3 Å². The Morgan fingerprint density at radius 3 is 0.957 bits per heavy atom. The normalized spacial score (nSPS) is 13.5. The Balaban J connectivity index is 4.68. The minimum absolute atomic E-state index is 0.148. The van der Waals surface area contributed by atoms with Gasteiger partial charge < -0.3 is 14.2 Å². The fourth-order valence-corrected chi connectivity index (χ4v) is 6.45. The highest BCUT2D eigenvalue weighted by Gasteiger charge is 2.19. The molecule has 6 heteroatoms. The predicted molar refractivity (Wildman–Crippen MR) is 301 cm³/mol. The second-order valence-corrected chi connectivity index (χ2v) is 17.0. The van der Waals surface area contributed by atoms with Gasteiger partial charge >= 0.3 is 17.9 Å². The number of hydrogen-bond acceptors (Lipinski definition) is 6. The van der Waals surface area contributed by atoms with Crippen LogP contribution in [0.4, 0.5) is 0 Å². The molecule has 0 unspecified atom stereocenters. The number of esters is 3. The first-order valence-corrected chi connectivity index (χ1v) is 27.1. The van der Waals surface area contributed by atoms with Crippen molar-refractivity contribution in [3.8, 4) is 0 Å². The van der Waals surface area contributed by atoms with Crippen LogP contribution in [0.5, 0.6) is 0 Å². The summed E-state index contributed by atoms with van der Waals surface area (Å²) < 4.78 is 16.7. The molecule has 0 aliphatic rings. The summed E-state index contributed by atoms with van der Waals surface area (Å²) >= 11 is 0. The minimum atomic E-state index is -0.864. The van der Waals surface area contributed by atoms with Crippen molar-refractivity contribution in [2.24, 2.45) is 0 Å². The molecule has 0 saturated carbocycles. The minimum Gasteiger partial charge on any atom is -0.462 e. The zero-order chi connectivity index (χ0) is 50.7. The van der Waals surface area contributed by atoms with Crippen LogP contribution in [0.2, 0.25) is 0 Å². The Morgan fingerprint density at radius 2 is 0.586 bits per heavy atom. The number of ether oxygens (including phenoxy) is 3. The molecular formula is C64H96O6. The van der Waals surface area contributed by atoms with E-state index in [1.54, 1.807) is 0 Å². The van der Waals surface area contributed by atoms with Crippen LogP contribution in [0.1, 0.15) is 194 Å². The summed E-state index contributed by atoms with van der Waals surface area (Å²) in [5.74, 6) is -1.15. The Bertz CT molecular complexity index is 1670. The zero-order valence-electron chi connectivity index (χ0n) is 44.2. The number of allylic oxidation sites excluding steroid dienone is 28. The first kappa shape index (κ1) is 64.8. The summed E-state index contributed by atoms with van der Waals surface area (Å²) in [6.07, 6.45) is 83.6. The Labute approximate surface area is 428 Å². The van der Waals surface area contributed by atoms with E-state index in [9.17, 15) is 14.4 Å². The zero-order valence-corrected chi connectivity index (χ0v) is 44.2. The summed E-state index contributed by atoms with van der Waals surface area (Å²) in [5.41, 5.74) is 0. The van der Waals surface area contributed by atoms with E-state index in [1.807, 2.05) is 24.3 Å². The van der Waals surface area contributed by atoms with Gasteiger partial charge in [0.1, 0.15) is 13.2 Å². The van der Waals surface area contributed by atoms with Crippen LogP contribution in [-0.2, 0) is 28.6 Å². The summed E-state index contributed by atoms with van der Waals surface area (Å²) in [4.78, 5) is 38.0. The lowest BCUT2D eigenvalue weighted by molar-refractivity contribution is -0.166. The molecule has 0 radical (unpaired) electrons. The maximum absolute atomic E-state index is 12.8. The van der Waals surface area contributed by atoms with Gasteiger partial charge in [-0.15, -0.1) is 0 Å². The van der Waals surface area contributed by atoms with Crippen molar-refractivity contribution in [1.29, 1.82) is 0 Å². The molecule has 0 heterocycles. The van der Waals surface area contributed by atoms with Gasteiger partial charge in [-0.1, -0.05) is 223 Å². The molecule has 6 nitrogen and oxygen atoms in total. The van der Waals surface area contributed by atoms with Gasteiger partial charge in [-0.05, 0) is 122 Å². The number of rotatable bonds is 46. The Morgan fingerprint density at radius 1 is 0.300 bits per heavy atom. The summed E-state index contributed by atoms with van der Waals surface area (Å²) in [6, 6.07) is 0. The second kappa shape index (κ2) is 56.4. The lowest BCUT2D eigenvalue weighted by atomic mass is 10.1. The van der Waals surface area contributed by atoms with Crippen molar-refractivity contribution in [2.45, 2.75) is 200 Å². The lowest BCUT2D eigenvalue weighted by Gasteiger charge is -2.18. The van der Waals surface area contributed by atoms with Gasteiger partial charge in [-0.25, -0.2) is 0 Å². The summed E-state index contributed by atoms with van der Waals surface area (Å²) in [7, 11) is 0. The van der Waals surface area contributed by atoms with Gasteiger partial charge in [0.25, 0.3) is 0 Å². The fraction of sp³-hybridized carbons (Fsp3) is 0.516. The van der Waals surface area contributed by atoms with Crippen molar-refractivity contribution in [1.82, 2.24) is 0 Å². The standard InChI is InChI=1S/C64H96O6/c1-4-7-10-13-16-19-22-25-28-30-32-34-36-39-42-45-48-51-54-57-63(66)69-60-61(59-68-62(65)56-53-50-47-44-41-38-27-24-21-18-15-12-9-6-3)70-64(67)58-55-52-49-46-43-40-37-35-33-31-29-26-23-20-17-14-11-8-5-2/h7-8,10-11,15-20,24-29,32-35,39-40,42-43,48-49,51-52,61H,4-6,9,12-14,21-23,30-31,36-38,41,44-47,50,53-60H2,1-3H3/b10-7-,11-8-,18-15-,19-16-,20-17-,27-24-,28-25-,29-26-,34-32-,35-33-,42-39-,43-40-,51-48-,52-49-/t61-/m1/s1. The summed E-state index contributed by atoms with van der Waals surface area (Å²) in [5, 5.41) is 0. The number of carbonyl (C=O) groups excluding carboxylic acids is 3. The van der Waals surface area contributed by atoms with Crippen LogP contribution in [0.25, 0.3) is 0 Å². The van der Waals surface area contributed by atoms with E-state index >= 15 is 0 Å². The smallest absolute Gasteiger partial charge is 0.306 e. The van der Waals surface area contributed by atoms with Crippen LogP contribution in [0.15, 0.2) is 170 Å². The van der Waals surface area contributed by atoms with Gasteiger partial charge in [0.2, 0.25) is 0 Å². The van der Waals surface area contributed by atoms with Gasteiger partial charge in [-0.2, -0.15) is 0 Å². The van der Waals surface area contributed by atoms with Crippen molar-refractivity contribution < 1.29 is 28.6 Å². The molecule has 0 aliphatic heterocycles. The molecule has 0 N–H and O–H groups in total. The largest absolute Gasteiger partial charge is 0.462 e. The molecule has 0 aliphatic carbocycles. The van der Waals surface area contributed by atoms with E-state index in [0.717, 1.165) is 122 Å². The van der Waals surface area contributed by atoms with Crippen LogP contribution < -0.4 is 0 Å². The second-order valence-electron chi connectivity index (χ2n) is 17.0. The van der Waals surface area contributed by atoms with E-state index in [1.165, 1.54) is 19.3 Å². The van der Waals surface area contributed by atoms with E-state index in [-0.39, 0.29) is 38.0 Å². The highest BCUT2D eigenvalue weighted by molar-refractivity contribution is 5.71. The molecule has 0 spiro atoms. The quantitative estimate of drug-likeness (QED) is 0.0262. The first-order valence-electron chi connectivity index (χ1n) is 27.1. The van der Waals surface area contributed by atoms with Crippen LogP contribution in [0.3, 0.4) is 0 Å². The van der Waals surface area contributed by atoms with Crippen LogP contribution >= 0.6 is 0 Å². The van der Waals surface area contributed by atoms with Gasteiger partial charge in [0, 0.05) is 19.3 Å². The summed E-state index contributed by atoms with van der Waals surface area (Å²) in [6.45, 7) is 6.20. The number of carbonyl (C=O) groups is 3. The number of hydrogen-bond donors (Lipinski definition) is 0. The monoisotopic (exact) mass is 961 g/mol. The Kier molecular flexibility index (Phi) is 52.1. The SMILES string of the molecule is CC/C=C\C/C=C\C/C=C\C/C=C\C/C=C\C/C=C\CCC(=O)OC[C@@H](COC(=O)CCCCCCC/C=C\C/C=C\CCCC)OC(=O)CC/C=C\C/C=C\C/C=C\C/C=C\C/C=C\C/C=C\CC. The molecule has 1 atom stereocenters. The van der Waals surface area contributed by atoms with E-state index in [4.69, 9.17) is 14.2 Å². The Hall–Kier alpha value is -5.23. The fourth-order valence-electron chi connectivity index (χ4n) is 6.45. The molecule has 0 rings (SSSR count). The molecule has 0 aromatic heterocycles. The maximum Gasteiger partial charge on any atom is 0.306 e.